The van der Waals surface area contributed by atoms with Gasteiger partial charge in [-0.2, -0.15) is 0 Å². The molecule has 0 atom stereocenters. The van der Waals surface area contributed by atoms with Gasteiger partial charge in [-0.3, -0.25) is 0 Å². The van der Waals surface area contributed by atoms with Crippen LogP contribution in [0.4, 0.5) is 0 Å². The Morgan fingerprint density at radius 3 is 2.29 bits per heavy atom. The Bertz CT molecular complexity index is 196. The van der Waals surface area contributed by atoms with E-state index in [1.54, 1.807) is 0 Å². The Morgan fingerprint density at radius 2 is 1.71 bits per heavy atom. The number of nitrogens with zero attached hydrogens (tertiary/aromatic N) is 1. The van der Waals surface area contributed by atoms with Crippen LogP contribution in [-0.2, 0) is 0 Å². The highest BCUT2D eigenvalue weighted by atomic mass is 15.1. The van der Waals surface area contributed by atoms with Crippen LogP contribution in [0.3, 0.4) is 0 Å². The summed E-state index contributed by atoms with van der Waals surface area (Å²) in [5, 5.41) is 6.94. The van der Waals surface area contributed by atoms with Crippen molar-refractivity contribution in [1.29, 1.82) is 0 Å². The van der Waals surface area contributed by atoms with Crippen LogP contribution >= 0.6 is 0 Å². The van der Waals surface area contributed by atoms with E-state index in [2.05, 4.69) is 43.4 Å². The van der Waals surface area contributed by atoms with Crippen LogP contribution < -0.4 is 10.6 Å². The molecular formula is C14H31N3. The number of likely N-dealkylation sites (N-methyl/N-ethyl adjacent to an activating group) is 1. The second kappa shape index (κ2) is 7.34. The van der Waals surface area contributed by atoms with E-state index in [9.17, 15) is 0 Å². The largest absolute Gasteiger partial charge is 0.316 e. The van der Waals surface area contributed by atoms with E-state index in [-0.39, 0.29) is 0 Å². The fraction of sp³-hybridized carbons (Fsp3) is 1.00. The molecule has 2 N–H and O–H groups in total. The number of likely N-dealkylation sites (tertiary alicyclic amines) is 1. The van der Waals surface area contributed by atoms with Crippen molar-refractivity contribution in [2.24, 2.45) is 11.3 Å². The van der Waals surface area contributed by atoms with Crippen molar-refractivity contribution < 1.29 is 0 Å². The molecule has 1 aliphatic rings. The number of piperidine rings is 1. The lowest BCUT2D eigenvalue weighted by Gasteiger charge is -2.40. The SMILES string of the molecule is CCNCCNCC(C)(C)C1CCN(C)CC1. The molecule has 3 nitrogen and oxygen atoms in total. The van der Waals surface area contributed by atoms with Gasteiger partial charge in [0.2, 0.25) is 0 Å². The Kier molecular flexibility index (Phi) is 6.45. The van der Waals surface area contributed by atoms with E-state index in [1.165, 1.54) is 25.9 Å². The smallest absolute Gasteiger partial charge is 0.00769 e. The zero-order chi connectivity index (χ0) is 12.7. The van der Waals surface area contributed by atoms with Gasteiger partial charge in [0, 0.05) is 19.6 Å². The molecule has 0 aromatic heterocycles. The van der Waals surface area contributed by atoms with Crippen molar-refractivity contribution in [2.75, 3.05) is 46.3 Å². The lowest BCUT2D eigenvalue weighted by Crippen LogP contribution is -2.42. The number of nitrogens with one attached hydrogen (secondary N) is 2. The number of hydrogen-bond donors (Lipinski definition) is 2. The first-order chi connectivity index (χ1) is 8.06. The minimum Gasteiger partial charge on any atom is -0.316 e. The molecule has 3 heteroatoms. The molecule has 0 saturated carbocycles. The van der Waals surface area contributed by atoms with Crippen molar-refractivity contribution >= 4 is 0 Å². The zero-order valence-electron chi connectivity index (χ0n) is 12.2. The summed E-state index contributed by atoms with van der Waals surface area (Å²) in [5.74, 6) is 0.880. The molecule has 0 aliphatic carbocycles. The van der Waals surface area contributed by atoms with Crippen LogP contribution in [0.1, 0.15) is 33.6 Å². The lowest BCUT2D eigenvalue weighted by atomic mass is 9.73. The Labute approximate surface area is 107 Å². The molecule has 0 spiro atoms. The number of hydrogen-bond acceptors (Lipinski definition) is 3. The van der Waals surface area contributed by atoms with Gasteiger partial charge in [0.05, 0.1) is 0 Å². The monoisotopic (exact) mass is 241 g/mol. The summed E-state index contributed by atoms with van der Waals surface area (Å²) >= 11 is 0. The first-order valence-corrected chi connectivity index (χ1v) is 7.16. The molecule has 0 bridgehead atoms. The highest BCUT2D eigenvalue weighted by molar-refractivity contribution is 4.84. The summed E-state index contributed by atoms with van der Waals surface area (Å²) in [5.41, 5.74) is 0.438. The third-order valence-corrected chi connectivity index (χ3v) is 4.13. The fourth-order valence-electron chi connectivity index (χ4n) is 2.70. The maximum Gasteiger partial charge on any atom is 0.00769 e. The van der Waals surface area contributed by atoms with Gasteiger partial charge in [-0.25, -0.2) is 0 Å². The third-order valence-electron chi connectivity index (χ3n) is 4.13. The summed E-state index contributed by atoms with van der Waals surface area (Å²) in [6, 6.07) is 0. The second-order valence-electron chi connectivity index (χ2n) is 6.10. The first-order valence-electron chi connectivity index (χ1n) is 7.16. The van der Waals surface area contributed by atoms with Crippen molar-refractivity contribution in [3.63, 3.8) is 0 Å². The van der Waals surface area contributed by atoms with Gasteiger partial charge in [0.25, 0.3) is 0 Å². The fourth-order valence-corrected chi connectivity index (χ4v) is 2.70. The second-order valence-corrected chi connectivity index (χ2v) is 6.10. The van der Waals surface area contributed by atoms with Crippen molar-refractivity contribution in [3.8, 4) is 0 Å². The average molecular weight is 241 g/mol. The van der Waals surface area contributed by atoms with Crippen molar-refractivity contribution in [1.82, 2.24) is 15.5 Å². The molecule has 1 aliphatic heterocycles. The Balaban J connectivity index is 2.20. The van der Waals surface area contributed by atoms with E-state index in [1.807, 2.05) is 0 Å². The van der Waals surface area contributed by atoms with Crippen LogP contribution in [0.25, 0.3) is 0 Å². The quantitative estimate of drug-likeness (QED) is 0.662. The van der Waals surface area contributed by atoms with Gasteiger partial charge < -0.3 is 15.5 Å². The van der Waals surface area contributed by atoms with Crippen LogP contribution in [0.5, 0.6) is 0 Å². The minimum atomic E-state index is 0.438. The molecule has 102 valence electrons. The maximum atomic E-state index is 3.59. The minimum absolute atomic E-state index is 0.438. The van der Waals surface area contributed by atoms with E-state index < -0.39 is 0 Å². The standard InChI is InChI=1S/C14H31N3/c1-5-15-8-9-16-12-14(2,3)13-6-10-17(4)11-7-13/h13,15-16H,5-12H2,1-4H3. The van der Waals surface area contributed by atoms with Gasteiger partial charge >= 0.3 is 0 Å². The van der Waals surface area contributed by atoms with Crippen LogP contribution in [0, 0.1) is 11.3 Å². The highest BCUT2D eigenvalue weighted by Gasteiger charge is 2.31. The summed E-state index contributed by atoms with van der Waals surface area (Å²) in [7, 11) is 2.23. The van der Waals surface area contributed by atoms with E-state index in [4.69, 9.17) is 0 Å². The molecule has 0 unspecified atom stereocenters. The number of rotatable bonds is 7. The third kappa shape index (κ3) is 5.36. The lowest BCUT2D eigenvalue weighted by molar-refractivity contribution is 0.113. The summed E-state index contributed by atoms with van der Waals surface area (Å²) in [6.45, 7) is 13.9. The predicted octanol–water partition coefficient (Wildman–Crippen LogP) is 1.55. The van der Waals surface area contributed by atoms with Crippen molar-refractivity contribution in [2.45, 2.75) is 33.6 Å². The van der Waals surface area contributed by atoms with Gasteiger partial charge in [-0.15, -0.1) is 0 Å². The molecule has 0 amide bonds. The maximum absolute atomic E-state index is 3.59. The Hall–Kier alpha value is -0.120. The summed E-state index contributed by atoms with van der Waals surface area (Å²) in [6.07, 6.45) is 2.72. The van der Waals surface area contributed by atoms with Crippen LogP contribution in [-0.4, -0.2) is 51.2 Å². The first kappa shape index (κ1) is 14.9. The predicted molar refractivity (Wildman–Crippen MR) is 75.4 cm³/mol. The molecule has 1 rings (SSSR count). The average Bonchev–Trinajstić information content (AvgIpc) is 2.29. The Morgan fingerprint density at radius 1 is 1.12 bits per heavy atom. The normalized spacial score (nSPS) is 19.8. The van der Waals surface area contributed by atoms with E-state index >= 15 is 0 Å². The molecule has 17 heavy (non-hydrogen) atoms. The van der Waals surface area contributed by atoms with E-state index in [0.717, 1.165) is 32.1 Å². The molecule has 1 saturated heterocycles. The van der Waals surface area contributed by atoms with Crippen LogP contribution in [0.2, 0.25) is 0 Å². The van der Waals surface area contributed by atoms with Crippen LogP contribution in [0.15, 0.2) is 0 Å². The van der Waals surface area contributed by atoms with Gasteiger partial charge in [0.15, 0.2) is 0 Å². The molecule has 1 heterocycles. The summed E-state index contributed by atoms with van der Waals surface area (Å²) in [4.78, 5) is 2.45. The topological polar surface area (TPSA) is 27.3 Å². The van der Waals surface area contributed by atoms with Gasteiger partial charge in [-0.1, -0.05) is 20.8 Å². The molecule has 1 fully saturated rings. The molecule has 0 aromatic carbocycles. The van der Waals surface area contributed by atoms with E-state index in [0.29, 0.717) is 5.41 Å². The summed E-state index contributed by atoms with van der Waals surface area (Å²) < 4.78 is 0. The molecule has 0 radical (unpaired) electrons. The molecule has 0 aromatic rings. The molecular weight excluding hydrogens is 210 g/mol. The van der Waals surface area contributed by atoms with Gasteiger partial charge in [-0.05, 0) is 50.9 Å². The highest BCUT2D eigenvalue weighted by Crippen LogP contribution is 2.33. The van der Waals surface area contributed by atoms with Gasteiger partial charge in [0.1, 0.15) is 0 Å². The zero-order valence-corrected chi connectivity index (χ0v) is 12.2. The van der Waals surface area contributed by atoms with Crippen molar-refractivity contribution in [3.05, 3.63) is 0 Å².